The van der Waals surface area contributed by atoms with Crippen molar-refractivity contribution in [3.8, 4) is 11.3 Å². The van der Waals surface area contributed by atoms with Crippen LogP contribution in [0.2, 0.25) is 0 Å². The third-order valence-corrected chi connectivity index (χ3v) is 5.36. The lowest BCUT2D eigenvalue weighted by molar-refractivity contribution is -0.727. The second kappa shape index (κ2) is 5.09. The molecule has 1 aliphatic heterocycles. The highest BCUT2D eigenvalue weighted by Crippen LogP contribution is 2.38. The Bertz CT molecular complexity index is 891. The molecule has 2 nitrogen and oxygen atoms in total. The maximum atomic E-state index is 3.84. The van der Waals surface area contributed by atoms with E-state index in [1.54, 1.807) is 0 Å². The van der Waals surface area contributed by atoms with Crippen molar-refractivity contribution in [2.75, 3.05) is 5.32 Å². The van der Waals surface area contributed by atoms with Crippen LogP contribution in [0, 0.1) is 6.92 Å². The molecule has 0 bridgehead atoms. The molecule has 0 unspecified atom stereocenters. The number of nitrogens with one attached hydrogen (secondary N) is 1. The van der Waals surface area contributed by atoms with E-state index in [0.717, 1.165) is 12.8 Å². The lowest BCUT2D eigenvalue weighted by Crippen LogP contribution is -2.63. The SMILES string of the molecule is CCC1(CC)Nc2ccccc2-c2ccc3c(C)cccc3[n+]21. The van der Waals surface area contributed by atoms with E-state index in [1.807, 2.05) is 0 Å². The minimum absolute atomic E-state index is 0.0724. The van der Waals surface area contributed by atoms with Crippen LogP contribution in [0.5, 0.6) is 0 Å². The van der Waals surface area contributed by atoms with Crippen LogP contribution in [-0.2, 0) is 5.66 Å². The van der Waals surface area contributed by atoms with Crippen molar-refractivity contribution >= 4 is 16.6 Å². The zero-order valence-corrected chi connectivity index (χ0v) is 14.1. The second-order valence-electron chi connectivity index (χ2n) is 6.47. The van der Waals surface area contributed by atoms with Crippen molar-refractivity contribution in [1.29, 1.82) is 0 Å². The summed E-state index contributed by atoms with van der Waals surface area (Å²) in [6, 6.07) is 19.8. The van der Waals surface area contributed by atoms with Crippen LogP contribution in [-0.4, -0.2) is 0 Å². The van der Waals surface area contributed by atoms with Crippen LogP contribution >= 0.6 is 0 Å². The minimum Gasteiger partial charge on any atom is -0.325 e. The predicted octanol–water partition coefficient (Wildman–Crippen LogP) is 5.00. The molecule has 2 heterocycles. The molecule has 0 fully saturated rings. The molecule has 0 amide bonds. The van der Waals surface area contributed by atoms with E-state index in [4.69, 9.17) is 0 Å². The third kappa shape index (κ3) is 1.91. The summed E-state index contributed by atoms with van der Waals surface area (Å²) in [5, 5.41) is 5.18. The number of pyridine rings is 1. The van der Waals surface area contributed by atoms with Gasteiger partial charge in [0.25, 0.3) is 0 Å². The van der Waals surface area contributed by atoms with Gasteiger partial charge in [-0.3, -0.25) is 0 Å². The molecule has 1 aromatic heterocycles. The van der Waals surface area contributed by atoms with Crippen LogP contribution in [0.3, 0.4) is 0 Å². The number of aryl methyl sites for hydroxylation is 1. The summed E-state index contributed by atoms with van der Waals surface area (Å²) >= 11 is 0. The third-order valence-electron chi connectivity index (χ3n) is 5.36. The van der Waals surface area contributed by atoms with Crippen molar-refractivity contribution in [3.05, 3.63) is 60.2 Å². The van der Waals surface area contributed by atoms with Gasteiger partial charge in [-0.15, -0.1) is 0 Å². The number of para-hydroxylation sites is 1. The van der Waals surface area contributed by atoms with Gasteiger partial charge in [0.1, 0.15) is 0 Å². The maximum absolute atomic E-state index is 3.84. The lowest BCUT2D eigenvalue weighted by atomic mass is 9.93. The molecular weight excluding hydrogens is 280 g/mol. The van der Waals surface area contributed by atoms with Crippen molar-refractivity contribution in [2.24, 2.45) is 0 Å². The minimum atomic E-state index is -0.0724. The number of aromatic nitrogens is 1. The largest absolute Gasteiger partial charge is 0.325 e. The number of anilines is 1. The highest BCUT2D eigenvalue weighted by Gasteiger charge is 2.44. The first-order chi connectivity index (χ1) is 11.2. The molecule has 0 radical (unpaired) electrons. The Kier molecular flexibility index (Phi) is 3.15. The smallest absolute Gasteiger partial charge is 0.241 e. The van der Waals surface area contributed by atoms with Crippen molar-refractivity contribution in [2.45, 2.75) is 39.3 Å². The van der Waals surface area contributed by atoms with Crippen LogP contribution in [0.4, 0.5) is 5.69 Å². The molecule has 0 atom stereocenters. The maximum Gasteiger partial charge on any atom is 0.241 e. The quantitative estimate of drug-likeness (QED) is 0.659. The van der Waals surface area contributed by atoms with E-state index < -0.39 is 0 Å². The molecule has 1 aliphatic rings. The molecule has 4 rings (SSSR count). The number of fused-ring (bicyclic) bond motifs is 5. The van der Waals surface area contributed by atoms with Gasteiger partial charge in [-0.05, 0) is 30.7 Å². The molecule has 0 saturated heterocycles. The number of rotatable bonds is 2. The van der Waals surface area contributed by atoms with E-state index >= 15 is 0 Å². The van der Waals surface area contributed by atoms with Gasteiger partial charge in [0, 0.05) is 30.4 Å². The monoisotopic (exact) mass is 303 g/mol. The molecule has 0 saturated carbocycles. The number of hydrogen-bond acceptors (Lipinski definition) is 1. The van der Waals surface area contributed by atoms with Gasteiger partial charge in [0.05, 0.1) is 11.3 Å². The van der Waals surface area contributed by atoms with Gasteiger partial charge in [-0.1, -0.05) is 38.1 Å². The van der Waals surface area contributed by atoms with E-state index in [1.165, 1.54) is 33.4 Å². The van der Waals surface area contributed by atoms with Crippen LogP contribution < -0.4 is 9.88 Å². The first-order valence-electron chi connectivity index (χ1n) is 8.52. The lowest BCUT2D eigenvalue weighted by Gasteiger charge is -2.35. The zero-order valence-electron chi connectivity index (χ0n) is 14.1. The Hall–Kier alpha value is -2.35. The molecule has 2 heteroatoms. The van der Waals surface area contributed by atoms with Crippen LogP contribution in [0.1, 0.15) is 32.3 Å². The van der Waals surface area contributed by atoms with Crippen molar-refractivity contribution < 1.29 is 4.57 Å². The average molecular weight is 303 g/mol. The number of benzene rings is 2. The summed E-state index contributed by atoms with van der Waals surface area (Å²) in [6.07, 6.45) is 2.09. The Balaban J connectivity index is 2.16. The topological polar surface area (TPSA) is 15.9 Å². The van der Waals surface area contributed by atoms with Crippen molar-refractivity contribution in [3.63, 3.8) is 0 Å². The van der Waals surface area contributed by atoms with Gasteiger partial charge in [0.15, 0.2) is 0 Å². The molecular formula is C21H23N2+. The summed E-state index contributed by atoms with van der Waals surface area (Å²) in [5.74, 6) is 0. The zero-order chi connectivity index (χ0) is 16.0. The van der Waals surface area contributed by atoms with Crippen LogP contribution in [0.15, 0.2) is 54.6 Å². The molecule has 116 valence electrons. The average Bonchev–Trinajstić information content (AvgIpc) is 2.60. The summed E-state index contributed by atoms with van der Waals surface area (Å²) in [7, 11) is 0. The van der Waals surface area contributed by atoms with Gasteiger partial charge < -0.3 is 5.32 Å². The summed E-state index contributed by atoms with van der Waals surface area (Å²) in [4.78, 5) is 0. The second-order valence-corrected chi connectivity index (χ2v) is 6.47. The summed E-state index contributed by atoms with van der Waals surface area (Å²) in [5.41, 5.74) is 6.40. The van der Waals surface area contributed by atoms with Gasteiger partial charge in [0.2, 0.25) is 16.9 Å². The first kappa shape index (κ1) is 14.3. The summed E-state index contributed by atoms with van der Waals surface area (Å²) in [6.45, 7) is 6.74. The molecule has 23 heavy (non-hydrogen) atoms. The van der Waals surface area contributed by atoms with E-state index in [0.29, 0.717) is 0 Å². The van der Waals surface area contributed by atoms with E-state index in [2.05, 4.69) is 85.3 Å². The van der Waals surface area contributed by atoms with Gasteiger partial charge in [-0.25, -0.2) is 0 Å². The van der Waals surface area contributed by atoms with E-state index in [9.17, 15) is 0 Å². The van der Waals surface area contributed by atoms with E-state index in [-0.39, 0.29) is 5.66 Å². The Morgan fingerprint density at radius 3 is 2.48 bits per heavy atom. The standard InChI is InChI=1S/C21H22N2/c1-4-21(5-2)22-18-11-7-6-10-17(18)20-14-13-16-15(3)9-8-12-19(16)23(20)21/h6-14H,4-5H2,1-3H3/p+1. The van der Waals surface area contributed by atoms with Crippen LogP contribution in [0.25, 0.3) is 22.2 Å². The molecule has 2 aromatic carbocycles. The molecule has 1 N–H and O–H groups in total. The molecule has 3 aromatic rings. The fraction of sp³-hybridized carbons (Fsp3) is 0.286. The molecule has 0 aliphatic carbocycles. The highest BCUT2D eigenvalue weighted by molar-refractivity contribution is 5.84. The highest BCUT2D eigenvalue weighted by atomic mass is 15.3. The van der Waals surface area contributed by atoms with Gasteiger partial charge in [-0.2, -0.15) is 4.57 Å². The Labute approximate surface area is 137 Å². The van der Waals surface area contributed by atoms with Crippen molar-refractivity contribution in [1.82, 2.24) is 0 Å². The normalized spacial score (nSPS) is 14.9. The number of hydrogen-bond donors (Lipinski definition) is 1. The Morgan fingerprint density at radius 1 is 0.913 bits per heavy atom. The van der Waals surface area contributed by atoms with Gasteiger partial charge >= 0.3 is 0 Å². The fourth-order valence-corrected chi connectivity index (χ4v) is 3.98. The Morgan fingerprint density at radius 2 is 1.70 bits per heavy atom. The fourth-order valence-electron chi connectivity index (χ4n) is 3.98. The number of nitrogens with zero attached hydrogens (tertiary/aromatic N) is 1. The molecule has 0 spiro atoms. The summed E-state index contributed by atoms with van der Waals surface area (Å²) < 4.78 is 2.53. The predicted molar refractivity (Wildman–Crippen MR) is 96.5 cm³/mol. The first-order valence-corrected chi connectivity index (χ1v) is 8.52.